The maximum atomic E-state index is 10.4. The van der Waals surface area contributed by atoms with Gasteiger partial charge in [0, 0.05) is 0 Å². The van der Waals surface area contributed by atoms with Crippen LogP contribution in [0.25, 0.3) is 0 Å². The molecular formula is C32H46O4P2. The van der Waals surface area contributed by atoms with E-state index >= 15 is 0 Å². The Balaban J connectivity index is 0.000000332. The first-order valence-electron chi connectivity index (χ1n) is 13.6. The Morgan fingerprint density at radius 1 is 0.737 bits per heavy atom. The normalized spacial score (nSPS) is 12.3. The van der Waals surface area contributed by atoms with Crippen molar-refractivity contribution < 1.29 is 18.9 Å². The van der Waals surface area contributed by atoms with Crippen LogP contribution in [0.3, 0.4) is 0 Å². The second-order valence-electron chi connectivity index (χ2n) is 10.4. The second-order valence-corrected chi connectivity index (χ2v) is 13.8. The van der Waals surface area contributed by atoms with Gasteiger partial charge in [-0.15, -0.1) is 0 Å². The highest BCUT2D eigenvalue weighted by molar-refractivity contribution is 7.80. The van der Waals surface area contributed by atoms with E-state index in [1.54, 1.807) is 0 Å². The Morgan fingerprint density at radius 2 is 1.13 bits per heavy atom. The Hall–Kier alpha value is -1.80. The summed E-state index contributed by atoms with van der Waals surface area (Å²) >= 11 is 0. The maximum Gasteiger partial charge on any atom is 0.469 e. The molecule has 4 nitrogen and oxygen atoms in total. The van der Waals surface area contributed by atoms with E-state index in [4.69, 9.17) is 9.79 Å². The van der Waals surface area contributed by atoms with Crippen LogP contribution in [0.4, 0.5) is 0 Å². The molecule has 1 unspecified atom stereocenters. The number of aryl methyl sites for hydroxylation is 6. The summed E-state index contributed by atoms with van der Waals surface area (Å²) in [5.74, 6) is 0.271. The van der Waals surface area contributed by atoms with Crippen molar-refractivity contribution in [3.8, 4) is 0 Å². The van der Waals surface area contributed by atoms with E-state index in [0.29, 0.717) is 0 Å². The molecule has 38 heavy (non-hydrogen) atoms. The molecule has 208 valence electrons. The molecule has 0 aliphatic heterocycles. The lowest BCUT2D eigenvalue weighted by Crippen LogP contribution is -2.26. The quantitative estimate of drug-likeness (QED) is 0.252. The van der Waals surface area contributed by atoms with E-state index in [-0.39, 0.29) is 12.5 Å². The number of benzene rings is 3. The fourth-order valence-electron chi connectivity index (χ4n) is 4.37. The summed E-state index contributed by atoms with van der Waals surface area (Å²) in [7, 11) is -4.82. The molecular weight excluding hydrogens is 510 g/mol. The van der Waals surface area contributed by atoms with E-state index in [0.717, 1.165) is 25.7 Å². The molecule has 3 aromatic rings. The largest absolute Gasteiger partial charge is 0.469 e. The summed E-state index contributed by atoms with van der Waals surface area (Å²) in [6, 6.07) is 20.7. The highest BCUT2D eigenvalue weighted by atomic mass is 31.2. The fourth-order valence-corrected chi connectivity index (χ4v) is 7.83. The first-order valence-corrected chi connectivity index (χ1v) is 16.4. The number of phosphoric acid groups is 1. The van der Waals surface area contributed by atoms with Crippen LogP contribution in [0.5, 0.6) is 0 Å². The molecule has 0 aliphatic carbocycles. The van der Waals surface area contributed by atoms with Crippen LogP contribution in [-0.4, -0.2) is 16.4 Å². The molecule has 0 bridgehead atoms. The molecule has 3 aromatic carbocycles. The molecule has 0 spiro atoms. The minimum absolute atomic E-state index is 0.167. The summed E-state index contributed by atoms with van der Waals surface area (Å²) in [6.07, 6.45) is 4.07. The summed E-state index contributed by atoms with van der Waals surface area (Å²) in [6.45, 7) is 17.6. The monoisotopic (exact) mass is 556 g/mol. The van der Waals surface area contributed by atoms with E-state index in [2.05, 4.69) is 108 Å². The van der Waals surface area contributed by atoms with Crippen LogP contribution in [-0.2, 0) is 9.09 Å². The number of hydrogen-bond donors (Lipinski definition) is 2. The van der Waals surface area contributed by atoms with Gasteiger partial charge in [0.2, 0.25) is 0 Å². The molecule has 1 atom stereocenters. The summed E-state index contributed by atoms with van der Waals surface area (Å²) < 4.78 is 14.8. The lowest BCUT2D eigenvalue weighted by Gasteiger charge is -2.25. The maximum absolute atomic E-state index is 10.4. The second kappa shape index (κ2) is 15.1. The first-order chi connectivity index (χ1) is 17.9. The molecule has 0 saturated heterocycles. The molecule has 6 heteroatoms. The fraction of sp³-hybridized carbons (Fsp3) is 0.438. The molecule has 0 fully saturated rings. The molecule has 0 aliphatic rings. The van der Waals surface area contributed by atoms with E-state index in [1.807, 2.05) is 6.92 Å². The minimum Gasteiger partial charge on any atom is -0.303 e. The van der Waals surface area contributed by atoms with Crippen LogP contribution in [0.15, 0.2) is 54.6 Å². The van der Waals surface area contributed by atoms with Gasteiger partial charge in [0.25, 0.3) is 0 Å². The highest BCUT2D eigenvalue weighted by Crippen LogP contribution is 2.38. The Bertz CT molecular complexity index is 1110. The predicted octanol–water partition coefficient (Wildman–Crippen LogP) is 7.61. The predicted molar refractivity (Wildman–Crippen MR) is 165 cm³/mol. The minimum atomic E-state index is -4.26. The highest BCUT2D eigenvalue weighted by Gasteiger charge is 2.22. The number of phosphoric ester groups is 1. The first kappa shape index (κ1) is 32.4. The van der Waals surface area contributed by atoms with Gasteiger partial charge in [0.1, 0.15) is 0 Å². The van der Waals surface area contributed by atoms with Crippen LogP contribution < -0.4 is 15.9 Å². The summed E-state index contributed by atoms with van der Waals surface area (Å²) in [5.41, 5.74) is 8.17. The van der Waals surface area contributed by atoms with Gasteiger partial charge < -0.3 is 9.79 Å². The van der Waals surface area contributed by atoms with Crippen molar-refractivity contribution in [1.82, 2.24) is 0 Å². The van der Waals surface area contributed by atoms with Crippen LogP contribution in [0.1, 0.15) is 72.9 Å². The van der Waals surface area contributed by atoms with Crippen LogP contribution in [0.2, 0.25) is 0 Å². The third kappa shape index (κ3) is 10.1. The van der Waals surface area contributed by atoms with Crippen molar-refractivity contribution >= 4 is 31.7 Å². The third-order valence-corrected chi connectivity index (χ3v) is 10.2. The lowest BCUT2D eigenvalue weighted by molar-refractivity contribution is 0.161. The van der Waals surface area contributed by atoms with Crippen molar-refractivity contribution in [2.45, 2.75) is 81.1 Å². The summed E-state index contributed by atoms with van der Waals surface area (Å²) in [4.78, 5) is 17.0. The van der Waals surface area contributed by atoms with Crippen molar-refractivity contribution in [2.75, 3.05) is 6.61 Å². The number of unbranched alkanes of at least 4 members (excludes halogenated alkanes) is 1. The molecule has 0 saturated carbocycles. The summed E-state index contributed by atoms with van der Waals surface area (Å²) in [5, 5.41) is 4.45. The number of rotatable bonds is 10. The van der Waals surface area contributed by atoms with Crippen LogP contribution in [0, 0.1) is 47.5 Å². The van der Waals surface area contributed by atoms with Crippen LogP contribution >= 0.6 is 15.7 Å². The van der Waals surface area contributed by atoms with Gasteiger partial charge in [-0.2, -0.15) is 0 Å². The third-order valence-electron chi connectivity index (χ3n) is 6.84. The van der Waals surface area contributed by atoms with Crippen molar-refractivity contribution in [3.63, 3.8) is 0 Å². The average Bonchev–Trinajstić information content (AvgIpc) is 2.85. The zero-order valence-electron chi connectivity index (χ0n) is 24.4. The molecule has 0 amide bonds. The SMILES string of the molecule is CCCCC(CC)COP(=O)(O)O.Cc1ccc(C)c(P(c2cc(C)ccc2C)c2cc(C)ccc2C)c1. The Labute approximate surface area is 231 Å². The average molecular weight is 557 g/mol. The smallest absolute Gasteiger partial charge is 0.303 e. The van der Waals surface area contributed by atoms with Gasteiger partial charge in [-0.05, 0) is 94.4 Å². The van der Waals surface area contributed by atoms with Gasteiger partial charge in [-0.3, -0.25) is 4.52 Å². The van der Waals surface area contributed by atoms with Gasteiger partial charge in [0.15, 0.2) is 0 Å². The van der Waals surface area contributed by atoms with E-state index in [9.17, 15) is 4.57 Å². The van der Waals surface area contributed by atoms with E-state index in [1.165, 1.54) is 49.3 Å². The van der Waals surface area contributed by atoms with Gasteiger partial charge in [0.05, 0.1) is 6.61 Å². The standard InChI is InChI=1S/C24H27P.C8H19O4P/c1-16-7-10-19(4)22(13-16)25(23-14-17(2)8-11-20(23)5)24-15-18(3)9-12-21(24)6;1-3-5-6-8(4-2)7-12-13(9,10)11/h7-15H,1-6H3;8H,3-7H2,1-2H3,(H2,9,10,11). The van der Waals surface area contributed by atoms with E-state index < -0.39 is 15.7 Å². The molecule has 0 heterocycles. The van der Waals surface area contributed by atoms with Crippen molar-refractivity contribution in [1.29, 1.82) is 0 Å². The van der Waals surface area contributed by atoms with Gasteiger partial charge >= 0.3 is 7.82 Å². The zero-order chi connectivity index (χ0) is 28.5. The van der Waals surface area contributed by atoms with Gasteiger partial charge in [-0.1, -0.05) is 104 Å². The topological polar surface area (TPSA) is 66.8 Å². The Kier molecular flexibility index (Phi) is 12.9. The van der Waals surface area contributed by atoms with Gasteiger partial charge in [-0.25, -0.2) is 4.57 Å². The lowest BCUT2D eigenvalue weighted by atomic mass is 10.0. The molecule has 0 aromatic heterocycles. The Morgan fingerprint density at radius 3 is 1.45 bits per heavy atom. The zero-order valence-corrected chi connectivity index (χ0v) is 26.2. The van der Waals surface area contributed by atoms with Crippen molar-refractivity contribution in [3.05, 3.63) is 88.0 Å². The molecule has 3 rings (SSSR count). The van der Waals surface area contributed by atoms with Crippen molar-refractivity contribution in [2.24, 2.45) is 5.92 Å². The molecule has 2 N–H and O–H groups in total. The number of hydrogen-bond acceptors (Lipinski definition) is 2. The molecule has 0 radical (unpaired) electrons.